The number of nitrogens with one attached hydrogen (secondary N) is 1. The summed E-state index contributed by atoms with van der Waals surface area (Å²) in [4.78, 5) is 23.3. The zero-order valence-electron chi connectivity index (χ0n) is 13.8. The lowest BCUT2D eigenvalue weighted by Gasteiger charge is -2.34. The molecule has 1 N–H and O–H groups in total. The minimum absolute atomic E-state index is 0.0188. The van der Waals surface area contributed by atoms with E-state index in [2.05, 4.69) is 43.0 Å². The van der Waals surface area contributed by atoms with Crippen LogP contribution in [0.15, 0.2) is 33.4 Å². The van der Waals surface area contributed by atoms with E-state index in [1.54, 1.807) is 18.5 Å². The predicted molar refractivity (Wildman–Crippen MR) is 94.5 cm³/mol. The summed E-state index contributed by atoms with van der Waals surface area (Å²) in [6.07, 6.45) is 5.28. The molecule has 2 aromatic rings. The molecule has 0 aromatic carbocycles. The van der Waals surface area contributed by atoms with Crippen molar-refractivity contribution in [2.24, 2.45) is 5.92 Å². The van der Waals surface area contributed by atoms with Crippen LogP contribution in [-0.2, 0) is 4.79 Å². The Morgan fingerprint density at radius 1 is 1.42 bits per heavy atom. The molecule has 1 fully saturated rings. The van der Waals surface area contributed by atoms with Gasteiger partial charge in [0.15, 0.2) is 0 Å². The van der Waals surface area contributed by atoms with E-state index in [9.17, 15) is 4.79 Å². The third-order valence-corrected chi connectivity index (χ3v) is 4.82. The van der Waals surface area contributed by atoms with Gasteiger partial charge in [0.25, 0.3) is 0 Å². The number of carbonyl (C=O) groups excluding carboxylic acids is 1. The molecule has 1 saturated heterocycles. The van der Waals surface area contributed by atoms with Crippen LogP contribution in [0.25, 0.3) is 0 Å². The molecule has 7 heteroatoms. The fraction of sp³-hybridized carbons (Fsp3) is 0.471. The van der Waals surface area contributed by atoms with E-state index in [0.29, 0.717) is 18.3 Å². The van der Waals surface area contributed by atoms with Crippen molar-refractivity contribution in [1.29, 1.82) is 0 Å². The van der Waals surface area contributed by atoms with Crippen molar-refractivity contribution in [1.82, 2.24) is 14.9 Å². The number of aromatic nitrogens is 2. The van der Waals surface area contributed by atoms with Gasteiger partial charge in [0, 0.05) is 17.2 Å². The van der Waals surface area contributed by atoms with Crippen LogP contribution in [0.2, 0.25) is 0 Å². The van der Waals surface area contributed by atoms with Crippen molar-refractivity contribution >= 4 is 27.7 Å². The molecule has 1 aliphatic rings. The fourth-order valence-corrected chi connectivity index (χ4v) is 3.21. The van der Waals surface area contributed by atoms with Gasteiger partial charge in [0.1, 0.15) is 11.6 Å². The first-order valence-electron chi connectivity index (χ1n) is 8.11. The summed E-state index contributed by atoms with van der Waals surface area (Å²) in [6, 6.07) is 3.73. The first kappa shape index (κ1) is 17.1. The summed E-state index contributed by atoms with van der Waals surface area (Å²) < 4.78 is 6.52. The predicted octanol–water partition coefficient (Wildman–Crippen LogP) is 3.55. The summed E-state index contributed by atoms with van der Waals surface area (Å²) in [5.74, 6) is 2.07. The summed E-state index contributed by atoms with van der Waals surface area (Å²) in [5, 5.41) is 2.91. The van der Waals surface area contributed by atoms with Crippen LogP contribution in [0.4, 0.5) is 5.82 Å². The molecule has 24 heavy (non-hydrogen) atoms. The second-order valence-corrected chi connectivity index (χ2v) is 7.09. The molecule has 2 atom stereocenters. The molecule has 0 unspecified atom stereocenters. The maximum absolute atomic E-state index is 12.5. The number of rotatable bonds is 4. The van der Waals surface area contributed by atoms with Gasteiger partial charge in [-0.2, -0.15) is 0 Å². The van der Waals surface area contributed by atoms with E-state index in [0.717, 1.165) is 29.6 Å². The zero-order valence-corrected chi connectivity index (χ0v) is 15.4. The maximum atomic E-state index is 12.5. The summed E-state index contributed by atoms with van der Waals surface area (Å²) in [6.45, 7) is 5.61. The first-order chi connectivity index (χ1) is 11.5. The third kappa shape index (κ3) is 4.02. The molecule has 0 radical (unpaired) electrons. The number of anilines is 1. The van der Waals surface area contributed by atoms with Gasteiger partial charge in [-0.3, -0.25) is 9.69 Å². The van der Waals surface area contributed by atoms with Gasteiger partial charge in [-0.05, 0) is 61.3 Å². The van der Waals surface area contributed by atoms with Gasteiger partial charge >= 0.3 is 0 Å². The number of carbonyl (C=O) groups is 1. The number of nitrogens with zero attached hydrogens (tertiary/aromatic N) is 3. The standard InChI is InChI=1S/C17H21BrN4O2/c1-11-8-20-17(24-11)12(2)22-7-3-4-13(10-22)16(23)21-15-6-5-14(18)9-19-15/h5-6,8-9,12-13H,3-4,7,10H2,1-2H3,(H,19,21,23)/t12-,13+/m1/s1. The molecule has 6 nitrogen and oxygen atoms in total. The normalized spacial score (nSPS) is 19.9. The van der Waals surface area contributed by atoms with Gasteiger partial charge in [0.05, 0.1) is 18.2 Å². The zero-order chi connectivity index (χ0) is 17.1. The van der Waals surface area contributed by atoms with Gasteiger partial charge in [0.2, 0.25) is 11.8 Å². The Hall–Kier alpha value is -1.73. The van der Waals surface area contributed by atoms with Crippen molar-refractivity contribution in [2.45, 2.75) is 32.7 Å². The van der Waals surface area contributed by atoms with Crippen molar-refractivity contribution in [2.75, 3.05) is 18.4 Å². The van der Waals surface area contributed by atoms with Crippen molar-refractivity contribution in [3.8, 4) is 0 Å². The highest BCUT2D eigenvalue weighted by atomic mass is 79.9. The van der Waals surface area contributed by atoms with Gasteiger partial charge < -0.3 is 9.73 Å². The van der Waals surface area contributed by atoms with Crippen LogP contribution in [0.1, 0.15) is 37.5 Å². The quantitative estimate of drug-likeness (QED) is 0.860. The van der Waals surface area contributed by atoms with Crippen molar-refractivity contribution in [3.63, 3.8) is 0 Å². The topological polar surface area (TPSA) is 71.3 Å². The Morgan fingerprint density at radius 3 is 2.92 bits per heavy atom. The molecule has 0 aliphatic carbocycles. The SMILES string of the molecule is Cc1cnc([C@@H](C)N2CCC[C@H](C(=O)Nc3ccc(Br)cn3)C2)o1. The smallest absolute Gasteiger partial charge is 0.229 e. The first-order valence-corrected chi connectivity index (χ1v) is 8.91. The molecular weight excluding hydrogens is 372 g/mol. The van der Waals surface area contributed by atoms with E-state index in [1.165, 1.54) is 0 Å². The van der Waals surface area contributed by atoms with Gasteiger partial charge in [-0.25, -0.2) is 9.97 Å². The number of amides is 1. The molecule has 0 bridgehead atoms. The molecule has 0 saturated carbocycles. The Kier molecular flexibility index (Phi) is 5.30. The number of hydrogen-bond donors (Lipinski definition) is 1. The number of piperidine rings is 1. The second kappa shape index (κ2) is 7.44. The number of aryl methyl sites for hydroxylation is 1. The average Bonchev–Trinajstić information content (AvgIpc) is 3.03. The van der Waals surface area contributed by atoms with Crippen LogP contribution in [-0.4, -0.2) is 33.9 Å². The highest BCUT2D eigenvalue weighted by molar-refractivity contribution is 9.10. The summed E-state index contributed by atoms with van der Waals surface area (Å²) in [5.41, 5.74) is 0. The van der Waals surface area contributed by atoms with Gasteiger partial charge in [-0.15, -0.1) is 0 Å². The largest absolute Gasteiger partial charge is 0.444 e. The molecular formula is C17H21BrN4O2. The van der Waals surface area contributed by atoms with Crippen LogP contribution in [0, 0.1) is 12.8 Å². The number of halogens is 1. The number of hydrogen-bond acceptors (Lipinski definition) is 5. The molecule has 1 aliphatic heterocycles. The minimum atomic E-state index is -0.0531. The molecule has 128 valence electrons. The molecule has 3 heterocycles. The van der Waals surface area contributed by atoms with E-state index in [-0.39, 0.29) is 17.9 Å². The summed E-state index contributed by atoms with van der Waals surface area (Å²) in [7, 11) is 0. The Morgan fingerprint density at radius 2 is 2.25 bits per heavy atom. The van der Waals surface area contributed by atoms with Crippen molar-refractivity contribution in [3.05, 3.63) is 40.7 Å². The average molecular weight is 393 g/mol. The van der Waals surface area contributed by atoms with Crippen LogP contribution in [0.3, 0.4) is 0 Å². The minimum Gasteiger partial charge on any atom is -0.444 e. The lowest BCUT2D eigenvalue weighted by molar-refractivity contribution is -0.121. The van der Waals surface area contributed by atoms with E-state index in [4.69, 9.17) is 4.42 Å². The van der Waals surface area contributed by atoms with E-state index < -0.39 is 0 Å². The van der Waals surface area contributed by atoms with Gasteiger partial charge in [-0.1, -0.05) is 0 Å². The molecule has 1 amide bonds. The lowest BCUT2D eigenvalue weighted by Crippen LogP contribution is -2.42. The van der Waals surface area contributed by atoms with Crippen LogP contribution in [0.5, 0.6) is 0 Å². The highest BCUT2D eigenvalue weighted by Crippen LogP contribution is 2.27. The Labute approximate surface area is 149 Å². The van der Waals surface area contributed by atoms with E-state index >= 15 is 0 Å². The Balaban J connectivity index is 1.62. The van der Waals surface area contributed by atoms with E-state index in [1.807, 2.05) is 13.0 Å². The number of pyridine rings is 1. The number of oxazole rings is 1. The maximum Gasteiger partial charge on any atom is 0.229 e. The van der Waals surface area contributed by atoms with Crippen LogP contribution < -0.4 is 5.32 Å². The second-order valence-electron chi connectivity index (χ2n) is 6.17. The Bertz CT molecular complexity index is 701. The monoisotopic (exact) mass is 392 g/mol. The highest BCUT2D eigenvalue weighted by Gasteiger charge is 2.30. The lowest BCUT2D eigenvalue weighted by atomic mass is 9.96. The molecule has 3 rings (SSSR count). The summed E-state index contributed by atoms with van der Waals surface area (Å²) >= 11 is 3.34. The van der Waals surface area contributed by atoms with Crippen molar-refractivity contribution < 1.29 is 9.21 Å². The third-order valence-electron chi connectivity index (χ3n) is 4.35. The molecule has 2 aromatic heterocycles. The molecule has 0 spiro atoms. The fourth-order valence-electron chi connectivity index (χ4n) is 2.97. The number of likely N-dealkylation sites (tertiary alicyclic amines) is 1. The van der Waals surface area contributed by atoms with Crippen LogP contribution >= 0.6 is 15.9 Å².